The number of hydrogen-bond donors (Lipinski definition) is 1. The number of rotatable bonds is 5. The van der Waals surface area contributed by atoms with Crippen molar-refractivity contribution >= 4 is 34.2 Å². The Bertz CT molecular complexity index is 616. The van der Waals surface area contributed by atoms with Crippen LogP contribution in [0.25, 0.3) is 10.9 Å². The Morgan fingerprint density at radius 1 is 1.45 bits per heavy atom. The average Bonchev–Trinajstić information content (AvgIpc) is 2.42. The first-order chi connectivity index (χ1) is 9.61. The van der Waals surface area contributed by atoms with E-state index in [-0.39, 0.29) is 12.0 Å². The highest BCUT2D eigenvalue weighted by Crippen LogP contribution is 2.28. The fraction of sp³-hybridized carbons (Fsp3) is 0.333. The van der Waals surface area contributed by atoms with Gasteiger partial charge in [-0.15, -0.1) is 0 Å². The van der Waals surface area contributed by atoms with E-state index < -0.39 is 0 Å². The Labute approximate surface area is 123 Å². The molecule has 1 aromatic carbocycles. The van der Waals surface area contributed by atoms with Gasteiger partial charge in [0.1, 0.15) is 0 Å². The highest BCUT2D eigenvalue weighted by Gasteiger charge is 2.12. The van der Waals surface area contributed by atoms with Crippen LogP contribution in [0.15, 0.2) is 30.5 Å². The van der Waals surface area contributed by atoms with Gasteiger partial charge < -0.3 is 10.1 Å². The number of nitrogens with zero attached hydrogens (tertiary/aromatic N) is 1. The van der Waals surface area contributed by atoms with E-state index in [0.29, 0.717) is 18.1 Å². The van der Waals surface area contributed by atoms with Gasteiger partial charge in [0, 0.05) is 17.6 Å². The fourth-order valence-corrected chi connectivity index (χ4v) is 2.26. The van der Waals surface area contributed by atoms with Crippen LogP contribution in [0.1, 0.15) is 20.3 Å². The van der Waals surface area contributed by atoms with Gasteiger partial charge in [0.15, 0.2) is 0 Å². The van der Waals surface area contributed by atoms with Crippen LogP contribution in [0.2, 0.25) is 5.02 Å². The van der Waals surface area contributed by atoms with Gasteiger partial charge in [-0.1, -0.05) is 11.6 Å². The second-order valence-electron chi connectivity index (χ2n) is 4.55. The van der Waals surface area contributed by atoms with E-state index in [0.717, 1.165) is 16.6 Å². The maximum atomic E-state index is 11.5. The van der Waals surface area contributed by atoms with Crippen LogP contribution in [-0.4, -0.2) is 23.6 Å². The molecular formula is C15H17ClN2O2. The molecule has 0 spiro atoms. The predicted octanol–water partition coefficient (Wildman–Crippen LogP) is 3.64. The molecule has 1 heterocycles. The molecule has 0 radical (unpaired) electrons. The van der Waals surface area contributed by atoms with Crippen molar-refractivity contribution in [3.63, 3.8) is 0 Å². The summed E-state index contributed by atoms with van der Waals surface area (Å²) < 4.78 is 4.94. The van der Waals surface area contributed by atoms with Crippen molar-refractivity contribution in [1.29, 1.82) is 0 Å². The smallest absolute Gasteiger partial charge is 0.307 e. The summed E-state index contributed by atoms with van der Waals surface area (Å²) in [7, 11) is 0. The number of benzene rings is 1. The number of halogens is 1. The number of pyridine rings is 1. The maximum absolute atomic E-state index is 11.5. The van der Waals surface area contributed by atoms with Gasteiger partial charge >= 0.3 is 5.97 Å². The summed E-state index contributed by atoms with van der Waals surface area (Å²) in [6.07, 6.45) is 2.03. The van der Waals surface area contributed by atoms with Crippen LogP contribution in [0.4, 0.5) is 5.69 Å². The number of aromatic nitrogens is 1. The van der Waals surface area contributed by atoms with Crippen LogP contribution >= 0.6 is 11.6 Å². The van der Waals surface area contributed by atoms with Gasteiger partial charge in [0.2, 0.25) is 0 Å². The number of nitrogens with one attached hydrogen (secondary N) is 1. The third kappa shape index (κ3) is 3.39. The van der Waals surface area contributed by atoms with Crippen molar-refractivity contribution in [2.24, 2.45) is 0 Å². The van der Waals surface area contributed by atoms with Crippen LogP contribution in [-0.2, 0) is 9.53 Å². The Morgan fingerprint density at radius 2 is 2.25 bits per heavy atom. The molecular weight excluding hydrogens is 276 g/mol. The lowest BCUT2D eigenvalue weighted by Crippen LogP contribution is -2.21. The van der Waals surface area contributed by atoms with Crippen LogP contribution in [0, 0.1) is 0 Å². The first kappa shape index (κ1) is 14.6. The lowest BCUT2D eigenvalue weighted by molar-refractivity contribution is -0.143. The average molecular weight is 293 g/mol. The number of anilines is 1. The molecule has 0 bridgehead atoms. The lowest BCUT2D eigenvalue weighted by atomic mass is 10.1. The van der Waals surface area contributed by atoms with E-state index in [1.54, 1.807) is 13.1 Å². The number of carbonyl (C=O) groups excluding carboxylic acids is 1. The molecule has 1 unspecified atom stereocenters. The summed E-state index contributed by atoms with van der Waals surface area (Å²) >= 11 is 6.15. The molecule has 1 atom stereocenters. The lowest BCUT2D eigenvalue weighted by Gasteiger charge is -2.16. The summed E-state index contributed by atoms with van der Waals surface area (Å²) in [6, 6.07) is 7.43. The molecule has 106 valence electrons. The highest BCUT2D eigenvalue weighted by molar-refractivity contribution is 6.35. The minimum Gasteiger partial charge on any atom is -0.466 e. The van der Waals surface area contributed by atoms with Gasteiger partial charge in [0.25, 0.3) is 0 Å². The van der Waals surface area contributed by atoms with Crippen LogP contribution in [0.5, 0.6) is 0 Å². The van der Waals surface area contributed by atoms with Gasteiger partial charge in [0.05, 0.1) is 29.3 Å². The molecule has 1 N–H and O–H groups in total. The standard InChI is InChI=1S/C15H17ClN2O2/c1-3-20-14(19)9-10(2)18-13-7-6-12(16)11-5-4-8-17-15(11)13/h4-8,10,18H,3,9H2,1-2H3. The minimum atomic E-state index is -0.210. The summed E-state index contributed by atoms with van der Waals surface area (Å²) in [5.41, 5.74) is 1.66. The summed E-state index contributed by atoms with van der Waals surface area (Å²) in [6.45, 7) is 4.13. The number of ether oxygens (including phenoxy) is 1. The fourth-order valence-electron chi connectivity index (χ4n) is 2.04. The Kier molecular flexibility index (Phi) is 4.79. The van der Waals surface area contributed by atoms with Crippen molar-refractivity contribution < 1.29 is 9.53 Å². The van der Waals surface area contributed by atoms with E-state index >= 15 is 0 Å². The Balaban J connectivity index is 2.18. The van der Waals surface area contributed by atoms with Crippen LogP contribution in [0.3, 0.4) is 0 Å². The van der Waals surface area contributed by atoms with Crippen molar-refractivity contribution in [3.8, 4) is 0 Å². The van der Waals surface area contributed by atoms with E-state index in [4.69, 9.17) is 16.3 Å². The topological polar surface area (TPSA) is 51.2 Å². The normalized spacial score (nSPS) is 12.2. The van der Waals surface area contributed by atoms with Gasteiger partial charge in [-0.2, -0.15) is 0 Å². The van der Waals surface area contributed by atoms with Crippen molar-refractivity contribution in [2.75, 3.05) is 11.9 Å². The van der Waals surface area contributed by atoms with Gasteiger partial charge in [-0.05, 0) is 38.1 Å². The first-order valence-electron chi connectivity index (χ1n) is 6.57. The molecule has 0 saturated carbocycles. The quantitative estimate of drug-likeness (QED) is 0.855. The molecule has 4 nitrogen and oxygen atoms in total. The summed E-state index contributed by atoms with van der Waals surface area (Å²) in [5, 5.41) is 4.83. The molecule has 2 rings (SSSR count). The zero-order valence-electron chi connectivity index (χ0n) is 11.5. The molecule has 0 saturated heterocycles. The Hall–Kier alpha value is -1.81. The maximum Gasteiger partial charge on any atom is 0.307 e. The number of esters is 1. The number of hydrogen-bond acceptors (Lipinski definition) is 4. The van der Waals surface area contributed by atoms with Crippen molar-refractivity contribution in [1.82, 2.24) is 4.98 Å². The van der Waals surface area contributed by atoms with E-state index in [2.05, 4.69) is 10.3 Å². The molecule has 20 heavy (non-hydrogen) atoms. The first-order valence-corrected chi connectivity index (χ1v) is 6.95. The van der Waals surface area contributed by atoms with Crippen molar-refractivity contribution in [2.45, 2.75) is 26.3 Å². The molecule has 0 aliphatic rings. The predicted molar refractivity (Wildman–Crippen MR) is 81.1 cm³/mol. The van der Waals surface area contributed by atoms with Gasteiger partial charge in [-0.3, -0.25) is 9.78 Å². The molecule has 2 aromatic rings. The third-order valence-corrected chi connectivity index (χ3v) is 3.23. The van der Waals surface area contributed by atoms with E-state index in [1.165, 1.54) is 0 Å². The van der Waals surface area contributed by atoms with Gasteiger partial charge in [-0.25, -0.2) is 0 Å². The molecule has 0 fully saturated rings. The second kappa shape index (κ2) is 6.57. The molecule has 0 aliphatic heterocycles. The molecule has 0 aliphatic carbocycles. The summed E-state index contributed by atoms with van der Waals surface area (Å²) in [5.74, 6) is -0.210. The molecule has 1 aromatic heterocycles. The monoisotopic (exact) mass is 292 g/mol. The largest absolute Gasteiger partial charge is 0.466 e. The highest BCUT2D eigenvalue weighted by atomic mass is 35.5. The Morgan fingerprint density at radius 3 is 3.00 bits per heavy atom. The molecule has 0 amide bonds. The second-order valence-corrected chi connectivity index (χ2v) is 4.96. The minimum absolute atomic E-state index is 0.0413. The SMILES string of the molecule is CCOC(=O)CC(C)Nc1ccc(Cl)c2cccnc12. The summed E-state index contributed by atoms with van der Waals surface area (Å²) in [4.78, 5) is 15.8. The van der Waals surface area contributed by atoms with E-state index in [1.807, 2.05) is 31.2 Å². The zero-order chi connectivity index (χ0) is 14.5. The van der Waals surface area contributed by atoms with Crippen LogP contribution < -0.4 is 5.32 Å². The zero-order valence-corrected chi connectivity index (χ0v) is 12.3. The van der Waals surface area contributed by atoms with Crippen molar-refractivity contribution in [3.05, 3.63) is 35.5 Å². The van der Waals surface area contributed by atoms with E-state index in [9.17, 15) is 4.79 Å². The number of carbonyl (C=O) groups is 1. The third-order valence-electron chi connectivity index (χ3n) is 2.90. The number of fused-ring (bicyclic) bond motifs is 1. The molecule has 5 heteroatoms.